The number of carbonyl (C=O) groups is 2. The molecule has 0 saturated carbocycles. The Hall–Kier alpha value is -1.10. The number of aliphatic carboxylic acids is 1. The molecule has 1 aliphatic rings. The summed E-state index contributed by atoms with van der Waals surface area (Å²) in [6.07, 6.45) is 0.532. The number of hydrogen-bond donors (Lipinski definition) is 3. The standard InChI is InChI=1S/C10H18N2O3/c1-10(2,4-3-8(13)14)12-9(15)7-5-11-6-7/h7,11H,3-6H2,1-2H3,(H,12,15)(H,13,14). The zero-order valence-electron chi connectivity index (χ0n) is 9.17. The molecule has 1 saturated heterocycles. The van der Waals surface area contributed by atoms with Gasteiger partial charge in [-0.15, -0.1) is 0 Å². The lowest BCUT2D eigenvalue weighted by atomic mass is 9.95. The monoisotopic (exact) mass is 214 g/mol. The number of amides is 1. The van der Waals surface area contributed by atoms with E-state index in [2.05, 4.69) is 10.6 Å². The average molecular weight is 214 g/mol. The molecule has 0 aromatic heterocycles. The zero-order valence-corrected chi connectivity index (χ0v) is 9.17. The van der Waals surface area contributed by atoms with Crippen molar-refractivity contribution in [3.8, 4) is 0 Å². The van der Waals surface area contributed by atoms with Crippen molar-refractivity contribution in [2.24, 2.45) is 5.92 Å². The molecule has 0 bridgehead atoms. The molecule has 0 radical (unpaired) electrons. The number of nitrogens with one attached hydrogen (secondary N) is 2. The van der Waals surface area contributed by atoms with Gasteiger partial charge in [-0.1, -0.05) is 0 Å². The third-order valence-corrected chi connectivity index (χ3v) is 2.58. The average Bonchev–Trinajstić information content (AvgIpc) is 1.96. The van der Waals surface area contributed by atoms with Crippen LogP contribution >= 0.6 is 0 Å². The van der Waals surface area contributed by atoms with Crippen molar-refractivity contribution in [2.75, 3.05) is 13.1 Å². The summed E-state index contributed by atoms with van der Waals surface area (Å²) in [7, 11) is 0. The highest BCUT2D eigenvalue weighted by atomic mass is 16.4. The van der Waals surface area contributed by atoms with Gasteiger partial charge in [-0.25, -0.2) is 0 Å². The van der Waals surface area contributed by atoms with Crippen LogP contribution in [0.1, 0.15) is 26.7 Å². The van der Waals surface area contributed by atoms with E-state index in [0.717, 1.165) is 13.1 Å². The summed E-state index contributed by atoms with van der Waals surface area (Å²) in [5.41, 5.74) is -0.439. The van der Waals surface area contributed by atoms with Crippen LogP contribution in [0.3, 0.4) is 0 Å². The molecule has 0 spiro atoms. The largest absolute Gasteiger partial charge is 0.481 e. The van der Waals surface area contributed by atoms with Gasteiger partial charge in [-0.2, -0.15) is 0 Å². The van der Waals surface area contributed by atoms with Gasteiger partial charge in [0.25, 0.3) is 0 Å². The van der Waals surface area contributed by atoms with Gasteiger partial charge in [0.1, 0.15) is 0 Å². The maximum Gasteiger partial charge on any atom is 0.303 e. The van der Waals surface area contributed by atoms with E-state index in [-0.39, 0.29) is 18.2 Å². The lowest BCUT2D eigenvalue weighted by Gasteiger charge is -2.32. The molecule has 5 heteroatoms. The highest BCUT2D eigenvalue weighted by Crippen LogP contribution is 2.13. The maximum absolute atomic E-state index is 11.6. The lowest BCUT2D eigenvalue weighted by Crippen LogP contribution is -2.55. The fourth-order valence-corrected chi connectivity index (χ4v) is 1.39. The molecule has 0 aliphatic carbocycles. The molecule has 0 aromatic rings. The van der Waals surface area contributed by atoms with Crippen LogP contribution in [0.25, 0.3) is 0 Å². The van der Waals surface area contributed by atoms with E-state index in [4.69, 9.17) is 5.11 Å². The minimum absolute atomic E-state index is 0.0177. The molecule has 86 valence electrons. The van der Waals surface area contributed by atoms with Crippen molar-refractivity contribution < 1.29 is 14.7 Å². The van der Waals surface area contributed by atoms with E-state index in [0.29, 0.717) is 6.42 Å². The first-order chi connectivity index (χ1) is 6.91. The van der Waals surface area contributed by atoms with E-state index in [1.54, 1.807) is 0 Å². The molecule has 1 fully saturated rings. The van der Waals surface area contributed by atoms with Crippen LogP contribution in [-0.4, -0.2) is 35.6 Å². The third-order valence-electron chi connectivity index (χ3n) is 2.58. The zero-order chi connectivity index (χ0) is 11.5. The Morgan fingerprint density at radius 2 is 2.07 bits per heavy atom. The Balaban J connectivity index is 2.33. The predicted octanol–water partition coefficient (Wildman–Crippen LogP) is -0.0346. The van der Waals surface area contributed by atoms with E-state index < -0.39 is 11.5 Å². The molecule has 3 N–H and O–H groups in total. The van der Waals surface area contributed by atoms with E-state index in [1.807, 2.05) is 13.8 Å². The fourth-order valence-electron chi connectivity index (χ4n) is 1.39. The molecule has 0 unspecified atom stereocenters. The molecule has 1 rings (SSSR count). The fraction of sp³-hybridized carbons (Fsp3) is 0.800. The van der Waals surface area contributed by atoms with Gasteiger partial charge in [0.15, 0.2) is 0 Å². The van der Waals surface area contributed by atoms with Crippen LogP contribution in [0.5, 0.6) is 0 Å². The second-order valence-electron chi connectivity index (χ2n) is 4.62. The number of hydrogen-bond acceptors (Lipinski definition) is 3. The Kier molecular flexibility index (Phi) is 3.68. The van der Waals surface area contributed by atoms with Crippen LogP contribution in [0, 0.1) is 5.92 Å². The summed E-state index contributed by atoms with van der Waals surface area (Å²) in [4.78, 5) is 22.0. The van der Waals surface area contributed by atoms with Gasteiger partial charge in [0.2, 0.25) is 5.91 Å². The normalized spacial score (nSPS) is 16.9. The highest BCUT2D eigenvalue weighted by Gasteiger charge is 2.29. The van der Waals surface area contributed by atoms with Gasteiger partial charge in [0, 0.05) is 25.0 Å². The molecule has 0 aromatic carbocycles. The van der Waals surface area contributed by atoms with Crippen molar-refractivity contribution >= 4 is 11.9 Å². The number of carbonyl (C=O) groups excluding carboxylic acids is 1. The highest BCUT2D eigenvalue weighted by molar-refractivity contribution is 5.80. The Bertz CT molecular complexity index is 259. The molecular weight excluding hydrogens is 196 g/mol. The Labute approximate surface area is 89.2 Å². The van der Waals surface area contributed by atoms with Gasteiger partial charge in [0.05, 0.1) is 5.92 Å². The second kappa shape index (κ2) is 4.61. The first-order valence-electron chi connectivity index (χ1n) is 5.15. The Morgan fingerprint density at radius 1 is 1.47 bits per heavy atom. The van der Waals surface area contributed by atoms with Crippen LogP contribution < -0.4 is 10.6 Å². The van der Waals surface area contributed by atoms with E-state index >= 15 is 0 Å². The van der Waals surface area contributed by atoms with E-state index in [9.17, 15) is 9.59 Å². The first-order valence-corrected chi connectivity index (χ1v) is 5.15. The molecule has 15 heavy (non-hydrogen) atoms. The number of carboxylic acid groups (broad SMARTS) is 1. The minimum atomic E-state index is -0.831. The predicted molar refractivity (Wildman–Crippen MR) is 55.5 cm³/mol. The topological polar surface area (TPSA) is 78.4 Å². The summed E-state index contributed by atoms with van der Waals surface area (Å²) in [6, 6.07) is 0. The van der Waals surface area contributed by atoms with Gasteiger partial charge >= 0.3 is 5.97 Å². The van der Waals surface area contributed by atoms with Crippen molar-refractivity contribution in [3.05, 3.63) is 0 Å². The van der Waals surface area contributed by atoms with Crippen molar-refractivity contribution in [1.29, 1.82) is 0 Å². The van der Waals surface area contributed by atoms with Crippen molar-refractivity contribution in [1.82, 2.24) is 10.6 Å². The summed E-state index contributed by atoms with van der Waals surface area (Å²) in [6.45, 7) is 5.14. The smallest absolute Gasteiger partial charge is 0.303 e. The number of rotatable bonds is 5. The van der Waals surface area contributed by atoms with Crippen LogP contribution in [0.15, 0.2) is 0 Å². The van der Waals surface area contributed by atoms with Crippen LogP contribution in [-0.2, 0) is 9.59 Å². The summed E-state index contributed by atoms with van der Waals surface area (Å²) < 4.78 is 0. The van der Waals surface area contributed by atoms with Crippen LogP contribution in [0.2, 0.25) is 0 Å². The maximum atomic E-state index is 11.6. The summed E-state index contributed by atoms with van der Waals surface area (Å²) >= 11 is 0. The van der Waals surface area contributed by atoms with Crippen molar-refractivity contribution in [2.45, 2.75) is 32.2 Å². The van der Waals surface area contributed by atoms with Crippen LogP contribution in [0.4, 0.5) is 0 Å². The number of carboxylic acids is 1. The molecule has 5 nitrogen and oxygen atoms in total. The van der Waals surface area contributed by atoms with Gasteiger partial charge in [-0.3, -0.25) is 9.59 Å². The molecule has 1 amide bonds. The van der Waals surface area contributed by atoms with Crippen molar-refractivity contribution in [3.63, 3.8) is 0 Å². The SMILES string of the molecule is CC(C)(CCC(=O)O)NC(=O)C1CNC1. The molecular formula is C10H18N2O3. The molecule has 1 heterocycles. The quantitative estimate of drug-likeness (QED) is 0.600. The van der Waals surface area contributed by atoms with Gasteiger partial charge in [-0.05, 0) is 20.3 Å². The second-order valence-corrected chi connectivity index (χ2v) is 4.62. The minimum Gasteiger partial charge on any atom is -0.481 e. The summed E-state index contributed by atoms with van der Waals surface area (Å²) in [5, 5.41) is 14.4. The first kappa shape index (κ1) is 12.0. The third kappa shape index (κ3) is 3.87. The van der Waals surface area contributed by atoms with Gasteiger partial charge < -0.3 is 15.7 Å². The Morgan fingerprint density at radius 3 is 2.47 bits per heavy atom. The lowest BCUT2D eigenvalue weighted by molar-refractivity contribution is -0.138. The van der Waals surface area contributed by atoms with E-state index in [1.165, 1.54) is 0 Å². The molecule has 0 atom stereocenters. The molecule has 1 aliphatic heterocycles. The summed E-state index contributed by atoms with van der Waals surface area (Å²) in [5.74, 6) is -0.763.